The average molecular weight is 235 g/mol. The molecule has 1 aromatic rings. The monoisotopic (exact) mass is 235 g/mol. The van der Waals surface area contributed by atoms with Gasteiger partial charge in [0.15, 0.2) is 0 Å². The van der Waals surface area contributed by atoms with Crippen LogP contribution in [0.2, 0.25) is 0 Å². The zero-order valence-electron chi connectivity index (χ0n) is 11.5. The van der Waals surface area contributed by atoms with Crippen LogP contribution in [0.25, 0.3) is 0 Å². The molecule has 1 aromatic carbocycles. The molecule has 3 heteroatoms. The van der Waals surface area contributed by atoms with Gasteiger partial charge in [-0.15, -0.1) is 0 Å². The first-order chi connectivity index (χ1) is 8.21. The second kappa shape index (κ2) is 8.76. The third-order valence-corrected chi connectivity index (χ3v) is 2.43. The van der Waals surface area contributed by atoms with Crippen molar-refractivity contribution in [3.63, 3.8) is 0 Å². The van der Waals surface area contributed by atoms with Gasteiger partial charge in [-0.05, 0) is 29.7 Å². The maximum atomic E-state index is 5.69. The van der Waals surface area contributed by atoms with E-state index in [9.17, 15) is 0 Å². The topological polar surface area (TPSA) is 64.4 Å². The van der Waals surface area contributed by atoms with Gasteiger partial charge in [0.05, 0.1) is 11.5 Å². The Bertz CT molecular complexity index is 356. The van der Waals surface area contributed by atoms with E-state index in [4.69, 9.17) is 11.5 Å². The van der Waals surface area contributed by atoms with E-state index in [1.54, 1.807) is 0 Å². The summed E-state index contributed by atoms with van der Waals surface area (Å²) in [6.45, 7) is 8.67. The lowest BCUT2D eigenvalue weighted by Crippen LogP contribution is -2.08. The van der Waals surface area contributed by atoms with Crippen LogP contribution in [-0.4, -0.2) is 5.84 Å². The van der Waals surface area contributed by atoms with Crippen LogP contribution < -0.4 is 11.5 Å². The summed E-state index contributed by atoms with van der Waals surface area (Å²) in [6.07, 6.45) is 1.77. The van der Waals surface area contributed by atoms with Gasteiger partial charge in [0, 0.05) is 13.0 Å². The molecule has 0 amide bonds. The highest BCUT2D eigenvalue weighted by Crippen LogP contribution is 2.18. The van der Waals surface area contributed by atoms with Gasteiger partial charge in [0.25, 0.3) is 0 Å². The second-order valence-corrected chi connectivity index (χ2v) is 3.47. The fourth-order valence-electron chi connectivity index (χ4n) is 1.46. The number of aryl methyl sites for hydroxylation is 1. The van der Waals surface area contributed by atoms with Crippen LogP contribution in [0.3, 0.4) is 0 Å². The molecule has 0 saturated heterocycles. The summed E-state index contributed by atoms with van der Waals surface area (Å²) in [7, 11) is 0. The predicted octanol–water partition coefficient (Wildman–Crippen LogP) is 3.13. The summed E-state index contributed by atoms with van der Waals surface area (Å²) in [5.41, 5.74) is 14.7. The molecule has 0 aromatic heterocycles. The molecule has 3 nitrogen and oxygen atoms in total. The molecule has 0 unspecified atom stereocenters. The zero-order chi connectivity index (χ0) is 13.3. The van der Waals surface area contributed by atoms with Crippen molar-refractivity contribution in [2.45, 2.75) is 47.1 Å². The lowest BCUT2D eigenvalue weighted by molar-refractivity contribution is 1.00. The van der Waals surface area contributed by atoms with Crippen LogP contribution in [-0.2, 0) is 13.0 Å². The number of nitrogens with zero attached hydrogens (tertiary/aromatic N) is 1. The summed E-state index contributed by atoms with van der Waals surface area (Å²) >= 11 is 0. The third kappa shape index (κ3) is 5.00. The first-order valence-electron chi connectivity index (χ1n) is 6.36. The lowest BCUT2D eigenvalue weighted by atomic mass is 10.0. The Morgan fingerprint density at radius 1 is 1.18 bits per heavy atom. The maximum absolute atomic E-state index is 5.69. The number of nitrogens with two attached hydrogens (primary N) is 2. The summed E-state index contributed by atoms with van der Waals surface area (Å²) in [4.78, 5) is 4.30. The van der Waals surface area contributed by atoms with Crippen LogP contribution in [0.1, 0.15) is 45.2 Å². The smallest absolute Gasteiger partial charge is 0.0993 e. The van der Waals surface area contributed by atoms with E-state index in [1.165, 1.54) is 5.56 Å². The van der Waals surface area contributed by atoms with Gasteiger partial charge >= 0.3 is 0 Å². The molecule has 0 saturated carbocycles. The summed E-state index contributed by atoms with van der Waals surface area (Å²) in [5.74, 6) is 0.655. The summed E-state index contributed by atoms with van der Waals surface area (Å²) in [6, 6.07) is 6.08. The first kappa shape index (κ1) is 15.7. The molecule has 4 N–H and O–H groups in total. The summed E-state index contributed by atoms with van der Waals surface area (Å²) in [5, 5.41) is 0. The van der Waals surface area contributed by atoms with E-state index in [-0.39, 0.29) is 0 Å². The molecule has 0 aliphatic carbocycles. The Morgan fingerprint density at radius 2 is 1.82 bits per heavy atom. The Hall–Kier alpha value is -1.35. The molecule has 0 bridgehead atoms. The Labute approximate surface area is 105 Å². The number of hydrogen-bond acceptors (Lipinski definition) is 2. The fourth-order valence-corrected chi connectivity index (χ4v) is 1.46. The number of amidine groups is 1. The molecule has 0 fully saturated rings. The largest absolute Gasteiger partial charge is 0.387 e. The van der Waals surface area contributed by atoms with Crippen LogP contribution in [0.5, 0.6) is 0 Å². The van der Waals surface area contributed by atoms with Crippen molar-refractivity contribution in [2.24, 2.45) is 16.5 Å². The molecule has 1 rings (SSSR count). The van der Waals surface area contributed by atoms with E-state index < -0.39 is 0 Å². The van der Waals surface area contributed by atoms with E-state index in [2.05, 4.69) is 18.0 Å². The number of benzene rings is 1. The average Bonchev–Trinajstić information content (AvgIpc) is 2.40. The minimum Gasteiger partial charge on any atom is -0.387 e. The van der Waals surface area contributed by atoms with Crippen LogP contribution in [0, 0.1) is 0 Å². The molecule has 17 heavy (non-hydrogen) atoms. The summed E-state index contributed by atoms with van der Waals surface area (Å²) < 4.78 is 0. The van der Waals surface area contributed by atoms with Gasteiger partial charge in [-0.25, -0.2) is 4.99 Å². The van der Waals surface area contributed by atoms with Crippen LogP contribution >= 0.6 is 0 Å². The Morgan fingerprint density at radius 3 is 2.29 bits per heavy atom. The predicted molar refractivity (Wildman–Crippen MR) is 76.6 cm³/mol. The van der Waals surface area contributed by atoms with Gasteiger partial charge in [-0.3, -0.25) is 0 Å². The van der Waals surface area contributed by atoms with E-state index in [0.29, 0.717) is 12.4 Å². The number of rotatable bonds is 4. The maximum Gasteiger partial charge on any atom is 0.0993 e. The van der Waals surface area contributed by atoms with Crippen molar-refractivity contribution in [1.29, 1.82) is 0 Å². The number of hydrogen-bond donors (Lipinski definition) is 2. The Balaban J connectivity index is 0.00000121. The molecular formula is C14H25N3. The van der Waals surface area contributed by atoms with Gasteiger partial charge in [-0.2, -0.15) is 0 Å². The SMILES string of the molecule is CC.CCC(N)=Nc1ccc(CC)c(CN)c1. The van der Waals surface area contributed by atoms with Crippen molar-refractivity contribution < 1.29 is 0 Å². The molecule has 0 spiro atoms. The van der Waals surface area contributed by atoms with Crippen molar-refractivity contribution in [2.75, 3.05) is 0 Å². The van der Waals surface area contributed by atoms with E-state index in [1.807, 2.05) is 32.9 Å². The van der Waals surface area contributed by atoms with Crippen molar-refractivity contribution in [3.05, 3.63) is 29.3 Å². The van der Waals surface area contributed by atoms with Gasteiger partial charge in [-0.1, -0.05) is 33.8 Å². The minimum atomic E-state index is 0.554. The minimum absolute atomic E-state index is 0.554. The molecule has 0 radical (unpaired) electrons. The van der Waals surface area contributed by atoms with Crippen molar-refractivity contribution >= 4 is 11.5 Å². The normalized spacial score (nSPS) is 10.8. The van der Waals surface area contributed by atoms with E-state index >= 15 is 0 Å². The van der Waals surface area contributed by atoms with Gasteiger partial charge in [0.2, 0.25) is 0 Å². The molecular weight excluding hydrogens is 210 g/mol. The highest BCUT2D eigenvalue weighted by molar-refractivity contribution is 5.82. The van der Waals surface area contributed by atoms with Crippen molar-refractivity contribution in [3.8, 4) is 0 Å². The molecule has 0 atom stereocenters. The molecule has 0 aliphatic rings. The highest BCUT2D eigenvalue weighted by Gasteiger charge is 2.00. The zero-order valence-corrected chi connectivity index (χ0v) is 11.5. The van der Waals surface area contributed by atoms with Crippen molar-refractivity contribution in [1.82, 2.24) is 0 Å². The molecule has 96 valence electrons. The van der Waals surface area contributed by atoms with Gasteiger partial charge in [0.1, 0.15) is 0 Å². The second-order valence-electron chi connectivity index (χ2n) is 3.47. The molecule has 0 aliphatic heterocycles. The Kier molecular flexibility index (Phi) is 8.07. The number of aliphatic imine (C=N–C) groups is 1. The van der Waals surface area contributed by atoms with Gasteiger partial charge < -0.3 is 11.5 Å². The van der Waals surface area contributed by atoms with E-state index in [0.717, 1.165) is 24.1 Å². The highest BCUT2D eigenvalue weighted by atomic mass is 14.8. The lowest BCUT2D eigenvalue weighted by Gasteiger charge is -2.06. The standard InChI is InChI=1S/C12H19N3.C2H6/c1-3-9-5-6-11(7-10(9)8-13)15-12(14)4-2;1-2/h5-7H,3-4,8,13H2,1-2H3,(H2,14,15);1-2H3. The first-order valence-corrected chi connectivity index (χ1v) is 6.36. The van der Waals surface area contributed by atoms with Crippen LogP contribution in [0.4, 0.5) is 5.69 Å². The third-order valence-electron chi connectivity index (χ3n) is 2.43. The fraction of sp³-hybridized carbons (Fsp3) is 0.500. The molecule has 0 heterocycles. The quantitative estimate of drug-likeness (QED) is 0.622. The van der Waals surface area contributed by atoms with Crippen LogP contribution in [0.15, 0.2) is 23.2 Å².